The lowest BCUT2D eigenvalue weighted by Crippen LogP contribution is -2.14. The molecule has 0 unspecified atom stereocenters. The van der Waals surface area contributed by atoms with Gasteiger partial charge in [-0.1, -0.05) is 18.2 Å². The van der Waals surface area contributed by atoms with Crippen LogP contribution in [0.2, 0.25) is 0 Å². The van der Waals surface area contributed by atoms with Crippen molar-refractivity contribution in [1.29, 1.82) is 0 Å². The normalized spacial score (nSPS) is 10.3. The molecule has 0 aromatic heterocycles. The highest BCUT2D eigenvalue weighted by molar-refractivity contribution is 5.92. The van der Waals surface area contributed by atoms with Crippen LogP contribution in [-0.4, -0.2) is 5.91 Å². The summed E-state index contributed by atoms with van der Waals surface area (Å²) in [5, 5.41) is 2.58. The Hall–Kier alpha value is -2.23. The number of rotatable bonds is 3. The molecule has 0 saturated heterocycles. The maximum absolute atomic E-state index is 13.3. The van der Waals surface area contributed by atoms with Gasteiger partial charge in [-0.2, -0.15) is 0 Å². The number of anilines is 1. The van der Waals surface area contributed by atoms with E-state index in [0.29, 0.717) is 16.8 Å². The molecule has 0 atom stereocenters. The minimum Gasteiger partial charge on any atom is -0.326 e. The minimum absolute atomic E-state index is 0.0489. The van der Waals surface area contributed by atoms with Gasteiger partial charge >= 0.3 is 0 Å². The third-order valence-electron chi connectivity index (χ3n) is 2.71. The highest BCUT2D eigenvalue weighted by atomic mass is 19.1. The maximum atomic E-state index is 13.3. The van der Waals surface area contributed by atoms with E-state index in [9.17, 15) is 13.6 Å². The highest BCUT2D eigenvalue weighted by Crippen LogP contribution is 2.14. The lowest BCUT2D eigenvalue weighted by atomic mass is 10.1. The van der Waals surface area contributed by atoms with Gasteiger partial charge in [0.05, 0.1) is 6.42 Å². The number of carbonyl (C=O) groups is 1. The van der Waals surface area contributed by atoms with Gasteiger partial charge in [0.1, 0.15) is 11.6 Å². The summed E-state index contributed by atoms with van der Waals surface area (Å²) >= 11 is 0. The number of hydrogen-bond donors (Lipinski definition) is 1. The number of carbonyl (C=O) groups excluding carboxylic acids is 1. The second-order valence-corrected chi connectivity index (χ2v) is 4.32. The summed E-state index contributed by atoms with van der Waals surface area (Å²) in [6.45, 7) is 1.65. The number of amides is 1. The van der Waals surface area contributed by atoms with Gasteiger partial charge in [0.2, 0.25) is 5.91 Å². The molecule has 2 nitrogen and oxygen atoms in total. The fourth-order valence-corrected chi connectivity index (χ4v) is 1.71. The fraction of sp³-hybridized carbons (Fsp3) is 0.133. The predicted molar refractivity (Wildman–Crippen MR) is 69.9 cm³/mol. The summed E-state index contributed by atoms with van der Waals surface area (Å²) < 4.78 is 26.3. The first kappa shape index (κ1) is 13.2. The fourth-order valence-electron chi connectivity index (χ4n) is 1.71. The summed E-state index contributed by atoms with van der Waals surface area (Å²) in [5.41, 5.74) is 1.48. The van der Waals surface area contributed by atoms with Gasteiger partial charge in [-0.05, 0) is 42.3 Å². The molecule has 4 heteroatoms. The third kappa shape index (κ3) is 3.61. The molecule has 0 heterocycles. The number of benzene rings is 2. The lowest BCUT2D eigenvalue weighted by Gasteiger charge is -2.06. The molecule has 98 valence electrons. The maximum Gasteiger partial charge on any atom is 0.228 e. The van der Waals surface area contributed by atoms with E-state index >= 15 is 0 Å². The number of aryl methyl sites for hydroxylation is 1. The molecule has 19 heavy (non-hydrogen) atoms. The van der Waals surface area contributed by atoms with E-state index in [1.165, 1.54) is 18.2 Å². The summed E-state index contributed by atoms with van der Waals surface area (Å²) in [6, 6.07) is 10.3. The molecule has 0 aliphatic rings. The summed E-state index contributed by atoms with van der Waals surface area (Å²) in [7, 11) is 0. The van der Waals surface area contributed by atoms with Crippen LogP contribution in [0.3, 0.4) is 0 Å². The Morgan fingerprint density at radius 1 is 1.16 bits per heavy atom. The van der Waals surface area contributed by atoms with E-state index in [1.807, 2.05) is 0 Å². The van der Waals surface area contributed by atoms with Gasteiger partial charge in [-0.15, -0.1) is 0 Å². The van der Waals surface area contributed by atoms with E-state index in [4.69, 9.17) is 0 Å². The van der Waals surface area contributed by atoms with Crippen LogP contribution in [0, 0.1) is 18.6 Å². The minimum atomic E-state index is -0.383. The highest BCUT2D eigenvalue weighted by Gasteiger charge is 2.06. The molecule has 2 rings (SSSR count). The van der Waals surface area contributed by atoms with Crippen molar-refractivity contribution in [1.82, 2.24) is 0 Å². The first-order valence-corrected chi connectivity index (χ1v) is 5.85. The van der Waals surface area contributed by atoms with Crippen molar-refractivity contribution in [3.05, 3.63) is 65.2 Å². The van der Waals surface area contributed by atoms with Crippen molar-refractivity contribution in [2.75, 3.05) is 5.32 Å². The standard InChI is InChI=1S/C15H13F2NO/c1-10-5-6-13(9-14(10)17)18-15(19)8-11-3-2-4-12(16)7-11/h2-7,9H,8H2,1H3,(H,18,19). The monoisotopic (exact) mass is 261 g/mol. The zero-order chi connectivity index (χ0) is 13.8. The average Bonchev–Trinajstić information content (AvgIpc) is 2.34. The molecule has 1 N–H and O–H groups in total. The van der Waals surface area contributed by atoms with Crippen LogP contribution < -0.4 is 5.32 Å². The Morgan fingerprint density at radius 3 is 2.63 bits per heavy atom. The van der Waals surface area contributed by atoms with Crippen LogP contribution in [0.4, 0.5) is 14.5 Å². The molecule has 0 spiro atoms. The largest absolute Gasteiger partial charge is 0.326 e. The van der Waals surface area contributed by atoms with Crippen molar-refractivity contribution in [2.24, 2.45) is 0 Å². The Balaban J connectivity index is 2.03. The van der Waals surface area contributed by atoms with Gasteiger partial charge in [0.25, 0.3) is 0 Å². The molecule has 0 fully saturated rings. The van der Waals surface area contributed by atoms with Crippen molar-refractivity contribution in [2.45, 2.75) is 13.3 Å². The van der Waals surface area contributed by atoms with E-state index in [0.717, 1.165) is 0 Å². The Bertz CT molecular complexity index is 611. The second kappa shape index (κ2) is 5.61. The van der Waals surface area contributed by atoms with Gasteiger partial charge in [-0.25, -0.2) is 8.78 Å². The van der Waals surface area contributed by atoms with Crippen LogP contribution in [-0.2, 0) is 11.2 Å². The predicted octanol–water partition coefficient (Wildman–Crippen LogP) is 3.45. The molecule has 0 bridgehead atoms. The Kier molecular flexibility index (Phi) is 3.90. The van der Waals surface area contributed by atoms with Crippen LogP contribution in [0.15, 0.2) is 42.5 Å². The van der Waals surface area contributed by atoms with Crippen LogP contribution in [0.5, 0.6) is 0 Å². The average molecular weight is 261 g/mol. The molecule has 2 aromatic carbocycles. The van der Waals surface area contributed by atoms with Gasteiger partial charge in [0, 0.05) is 5.69 Å². The van der Waals surface area contributed by atoms with E-state index in [2.05, 4.69) is 5.32 Å². The van der Waals surface area contributed by atoms with Gasteiger partial charge < -0.3 is 5.32 Å². The van der Waals surface area contributed by atoms with Gasteiger partial charge in [0.15, 0.2) is 0 Å². The molecule has 0 saturated carbocycles. The topological polar surface area (TPSA) is 29.1 Å². The number of nitrogens with one attached hydrogen (secondary N) is 1. The number of halogens is 2. The van der Waals surface area contributed by atoms with Crippen LogP contribution in [0.1, 0.15) is 11.1 Å². The zero-order valence-electron chi connectivity index (χ0n) is 10.4. The summed E-state index contributed by atoms with van der Waals surface area (Å²) in [5.74, 6) is -1.07. The second-order valence-electron chi connectivity index (χ2n) is 4.32. The Labute approximate surface area is 110 Å². The van der Waals surface area contributed by atoms with Crippen LogP contribution in [0.25, 0.3) is 0 Å². The Morgan fingerprint density at radius 2 is 1.95 bits per heavy atom. The first-order valence-electron chi connectivity index (χ1n) is 5.85. The van der Waals surface area contributed by atoms with Crippen molar-refractivity contribution in [3.8, 4) is 0 Å². The van der Waals surface area contributed by atoms with Crippen molar-refractivity contribution >= 4 is 11.6 Å². The van der Waals surface area contributed by atoms with Crippen LogP contribution >= 0.6 is 0 Å². The quantitative estimate of drug-likeness (QED) is 0.900. The third-order valence-corrected chi connectivity index (χ3v) is 2.71. The molecule has 0 aliphatic heterocycles. The van der Waals surface area contributed by atoms with Crippen molar-refractivity contribution < 1.29 is 13.6 Å². The SMILES string of the molecule is Cc1ccc(NC(=O)Cc2cccc(F)c2)cc1F. The molecule has 0 aliphatic carbocycles. The molecular formula is C15H13F2NO. The van der Waals surface area contributed by atoms with Gasteiger partial charge in [-0.3, -0.25) is 4.79 Å². The summed E-state index contributed by atoms with van der Waals surface area (Å²) in [6.07, 6.45) is 0.0489. The van der Waals surface area contributed by atoms with Crippen molar-refractivity contribution in [3.63, 3.8) is 0 Å². The smallest absolute Gasteiger partial charge is 0.228 e. The molecular weight excluding hydrogens is 248 g/mol. The lowest BCUT2D eigenvalue weighted by molar-refractivity contribution is -0.115. The molecule has 1 amide bonds. The number of hydrogen-bond acceptors (Lipinski definition) is 1. The van der Waals surface area contributed by atoms with E-state index < -0.39 is 0 Å². The zero-order valence-corrected chi connectivity index (χ0v) is 10.4. The van der Waals surface area contributed by atoms with E-state index in [-0.39, 0.29) is 24.0 Å². The van der Waals surface area contributed by atoms with E-state index in [1.54, 1.807) is 31.2 Å². The molecule has 0 radical (unpaired) electrons. The summed E-state index contributed by atoms with van der Waals surface area (Å²) in [4.78, 5) is 11.7. The molecule has 2 aromatic rings. The first-order chi connectivity index (χ1) is 9.04.